The minimum atomic E-state index is 0.201. The highest BCUT2D eigenvalue weighted by Crippen LogP contribution is 2.24. The van der Waals surface area contributed by atoms with Gasteiger partial charge < -0.3 is 19.9 Å². The number of benzene rings is 1. The molecule has 1 atom stereocenters. The molecule has 1 aromatic carbocycles. The Morgan fingerprint density at radius 2 is 2.06 bits per heavy atom. The molecule has 17 heavy (non-hydrogen) atoms. The molecule has 2 N–H and O–H groups in total. The lowest BCUT2D eigenvalue weighted by molar-refractivity contribution is 0.233. The molecule has 0 spiro atoms. The first-order valence-electron chi connectivity index (χ1n) is 5.73. The Morgan fingerprint density at radius 1 is 1.29 bits per heavy atom. The van der Waals surface area contributed by atoms with Crippen LogP contribution in [0.4, 0.5) is 0 Å². The first-order valence-corrected chi connectivity index (χ1v) is 5.73. The second-order valence-electron chi connectivity index (χ2n) is 4.10. The maximum atomic E-state index is 8.92. The van der Waals surface area contributed by atoms with Crippen LogP contribution in [0.25, 0.3) is 0 Å². The minimum Gasteiger partial charge on any atom is -0.497 e. The van der Waals surface area contributed by atoms with Crippen molar-refractivity contribution in [2.75, 3.05) is 27.4 Å². The molecule has 96 valence electrons. The van der Waals surface area contributed by atoms with Crippen molar-refractivity contribution in [3.8, 4) is 11.5 Å². The highest BCUT2D eigenvalue weighted by molar-refractivity contribution is 5.40. The van der Waals surface area contributed by atoms with E-state index in [1.807, 2.05) is 25.1 Å². The summed E-state index contributed by atoms with van der Waals surface area (Å²) in [6.07, 6.45) is 0. The number of methoxy groups -OCH3 is 2. The van der Waals surface area contributed by atoms with Crippen LogP contribution in [-0.2, 0) is 6.54 Å². The van der Waals surface area contributed by atoms with Crippen LogP contribution in [0, 0.1) is 5.92 Å². The van der Waals surface area contributed by atoms with Crippen LogP contribution >= 0.6 is 0 Å². The zero-order valence-corrected chi connectivity index (χ0v) is 10.7. The molecule has 1 unspecified atom stereocenters. The Labute approximate surface area is 103 Å². The lowest BCUT2D eigenvalue weighted by Crippen LogP contribution is -2.22. The van der Waals surface area contributed by atoms with Gasteiger partial charge in [-0.1, -0.05) is 13.0 Å². The van der Waals surface area contributed by atoms with Gasteiger partial charge in [-0.05, 0) is 12.0 Å². The zero-order chi connectivity index (χ0) is 12.7. The molecule has 0 amide bonds. The molecule has 0 fully saturated rings. The first kappa shape index (κ1) is 13.8. The van der Waals surface area contributed by atoms with Crippen molar-refractivity contribution in [3.05, 3.63) is 23.8 Å². The summed E-state index contributed by atoms with van der Waals surface area (Å²) in [7, 11) is 3.28. The number of nitrogens with one attached hydrogen (secondary N) is 1. The standard InChI is InChI=1S/C13H21NO3/c1-10(9-15)7-14-8-11-4-5-12(16-2)6-13(11)17-3/h4-6,10,14-15H,7-9H2,1-3H3. The molecule has 0 saturated carbocycles. The quantitative estimate of drug-likeness (QED) is 0.755. The van der Waals surface area contributed by atoms with Gasteiger partial charge in [0, 0.05) is 31.3 Å². The lowest BCUT2D eigenvalue weighted by atomic mass is 10.1. The first-order chi connectivity index (χ1) is 8.21. The Kier molecular flexibility index (Phi) is 5.80. The number of ether oxygens (including phenoxy) is 2. The average molecular weight is 239 g/mol. The van der Waals surface area contributed by atoms with Gasteiger partial charge in [0.05, 0.1) is 14.2 Å². The van der Waals surface area contributed by atoms with Crippen LogP contribution < -0.4 is 14.8 Å². The highest BCUT2D eigenvalue weighted by Gasteiger charge is 2.05. The summed E-state index contributed by atoms with van der Waals surface area (Å²) in [4.78, 5) is 0. The van der Waals surface area contributed by atoms with Gasteiger partial charge in [0.2, 0.25) is 0 Å². The SMILES string of the molecule is COc1ccc(CNCC(C)CO)c(OC)c1. The minimum absolute atomic E-state index is 0.201. The molecule has 4 heteroatoms. The topological polar surface area (TPSA) is 50.7 Å². The molecule has 0 aliphatic rings. The molecular formula is C13H21NO3. The molecule has 1 rings (SSSR count). The summed E-state index contributed by atoms with van der Waals surface area (Å²) < 4.78 is 10.4. The molecule has 0 heterocycles. The van der Waals surface area contributed by atoms with E-state index in [0.717, 1.165) is 30.2 Å². The summed E-state index contributed by atoms with van der Waals surface area (Å²) in [6.45, 7) is 3.70. The van der Waals surface area contributed by atoms with E-state index in [0.29, 0.717) is 0 Å². The van der Waals surface area contributed by atoms with E-state index < -0.39 is 0 Å². The van der Waals surface area contributed by atoms with Crippen molar-refractivity contribution in [1.82, 2.24) is 5.32 Å². The molecule has 4 nitrogen and oxygen atoms in total. The van der Waals surface area contributed by atoms with Gasteiger partial charge in [-0.2, -0.15) is 0 Å². The summed E-state index contributed by atoms with van der Waals surface area (Å²) in [6, 6.07) is 5.76. The fraction of sp³-hybridized carbons (Fsp3) is 0.538. The van der Waals surface area contributed by atoms with Crippen LogP contribution in [0.2, 0.25) is 0 Å². The third-order valence-corrected chi connectivity index (χ3v) is 2.61. The Balaban J connectivity index is 2.58. The van der Waals surface area contributed by atoms with E-state index in [1.54, 1.807) is 14.2 Å². The van der Waals surface area contributed by atoms with Gasteiger partial charge in [0.1, 0.15) is 11.5 Å². The van der Waals surface area contributed by atoms with E-state index in [9.17, 15) is 0 Å². The second-order valence-corrected chi connectivity index (χ2v) is 4.10. The van der Waals surface area contributed by atoms with Crippen LogP contribution in [0.3, 0.4) is 0 Å². The number of aliphatic hydroxyl groups excluding tert-OH is 1. The van der Waals surface area contributed by atoms with E-state index in [2.05, 4.69) is 5.32 Å². The molecule has 0 aliphatic heterocycles. The van der Waals surface area contributed by atoms with Gasteiger partial charge in [-0.3, -0.25) is 0 Å². The predicted molar refractivity (Wildman–Crippen MR) is 67.5 cm³/mol. The summed E-state index contributed by atoms with van der Waals surface area (Å²) in [5.74, 6) is 1.86. The van der Waals surface area contributed by atoms with E-state index in [1.165, 1.54) is 0 Å². The molecule has 0 radical (unpaired) electrons. The molecule has 0 aromatic heterocycles. The van der Waals surface area contributed by atoms with Crippen LogP contribution in [-0.4, -0.2) is 32.5 Å². The van der Waals surface area contributed by atoms with Crippen LogP contribution in [0.15, 0.2) is 18.2 Å². The largest absolute Gasteiger partial charge is 0.497 e. The zero-order valence-electron chi connectivity index (χ0n) is 10.7. The third kappa shape index (κ3) is 4.24. The van der Waals surface area contributed by atoms with Crippen LogP contribution in [0.5, 0.6) is 11.5 Å². The maximum Gasteiger partial charge on any atom is 0.127 e. The van der Waals surface area contributed by atoms with Gasteiger partial charge in [0.15, 0.2) is 0 Å². The monoisotopic (exact) mass is 239 g/mol. The fourth-order valence-corrected chi connectivity index (χ4v) is 1.52. The smallest absolute Gasteiger partial charge is 0.127 e. The van der Waals surface area contributed by atoms with Crippen molar-refractivity contribution in [2.45, 2.75) is 13.5 Å². The molecule has 1 aromatic rings. The molecule has 0 aliphatic carbocycles. The van der Waals surface area contributed by atoms with Gasteiger partial charge >= 0.3 is 0 Å². The van der Waals surface area contributed by atoms with Crippen LogP contribution in [0.1, 0.15) is 12.5 Å². The van der Waals surface area contributed by atoms with Crippen molar-refractivity contribution >= 4 is 0 Å². The number of rotatable bonds is 7. The molecule has 0 saturated heterocycles. The normalized spacial score (nSPS) is 12.2. The Morgan fingerprint density at radius 3 is 2.65 bits per heavy atom. The maximum absolute atomic E-state index is 8.92. The third-order valence-electron chi connectivity index (χ3n) is 2.61. The average Bonchev–Trinajstić information content (AvgIpc) is 2.38. The molecular weight excluding hydrogens is 218 g/mol. The number of hydrogen-bond acceptors (Lipinski definition) is 4. The summed E-state index contributed by atoms with van der Waals surface area (Å²) in [5.41, 5.74) is 1.08. The summed E-state index contributed by atoms with van der Waals surface area (Å²) in [5, 5.41) is 12.2. The van der Waals surface area contributed by atoms with Crippen molar-refractivity contribution in [2.24, 2.45) is 5.92 Å². The highest BCUT2D eigenvalue weighted by atomic mass is 16.5. The van der Waals surface area contributed by atoms with E-state index in [-0.39, 0.29) is 12.5 Å². The number of hydrogen-bond donors (Lipinski definition) is 2. The van der Waals surface area contributed by atoms with Crippen molar-refractivity contribution in [3.63, 3.8) is 0 Å². The Hall–Kier alpha value is -1.26. The van der Waals surface area contributed by atoms with Gasteiger partial charge in [0.25, 0.3) is 0 Å². The number of aliphatic hydroxyl groups is 1. The predicted octanol–water partition coefficient (Wildman–Crippen LogP) is 1.42. The summed E-state index contributed by atoms with van der Waals surface area (Å²) >= 11 is 0. The lowest BCUT2D eigenvalue weighted by Gasteiger charge is -2.13. The van der Waals surface area contributed by atoms with Gasteiger partial charge in [-0.15, -0.1) is 0 Å². The Bertz CT molecular complexity index is 341. The fourth-order valence-electron chi connectivity index (χ4n) is 1.52. The van der Waals surface area contributed by atoms with E-state index >= 15 is 0 Å². The van der Waals surface area contributed by atoms with E-state index in [4.69, 9.17) is 14.6 Å². The molecule has 0 bridgehead atoms. The van der Waals surface area contributed by atoms with Crippen molar-refractivity contribution < 1.29 is 14.6 Å². The van der Waals surface area contributed by atoms with Crippen molar-refractivity contribution in [1.29, 1.82) is 0 Å². The second kappa shape index (κ2) is 7.14. The van der Waals surface area contributed by atoms with Gasteiger partial charge in [-0.25, -0.2) is 0 Å².